The molecule has 18 heteroatoms. The van der Waals surface area contributed by atoms with Crippen LogP contribution in [0.1, 0.15) is 20.7 Å². The number of hydrogen-bond acceptors (Lipinski definition) is 8. The molecular weight excluding hydrogens is 580 g/mol. The second-order valence-corrected chi connectivity index (χ2v) is 9.46. The number of rotatable bonds is 4. The summed E-state index contributed by atoms with van der Waals surface area (Å²) in [6.07, 6.45) is 0. The molecule has 0 heterocycles. The molecule has 0 spiro atoms. The van der Waals surface area contributed by atoms with Crippen LogP contribution in [0.4, 0.5) is 0 Å². The number of carboxylic acid groups (broad SMARTS) is 2. The smallest absolute Gasteiger partial charge is 0.545 e. The summed E-state index contributed by atoms with van der Waals surface area (Å²) >= 11 is 21.8. The molecule has 0 aliphatic carbocycles. The van der Waals surface area contributed by atoms with E-state index in [-0.39, 0.29) is 69.2 Å². The molecule has 0 amide bonds. The van der Waals surface area contributed by atoms with Crippen LogP contribution in [-0.4, -0.2) is 37.9 Å². The maximum Gasteiger partial charge on any atom is 1.00 e. The number of hydrogen-bond donors (Lipinski definition) is 2. The Kier molecular flexibility index (Phi) is 14.5. The predicted molar refractivity (Wildman–Crippen MR) is 101 cm³/mol. The van der Waals surface area contributed by atoms with Gasteiger partial charge in [-0.1, -0.05) is 46.4 Å². The van der Waals surface area contributed by atoms with E-state index in [0.717, 1.165) is 24.3 Å². The van der Waals surface area contributed by atoms with Gasteiger partial charge in [0.15, 0.2) is 0 Å². The average Bonchev–Trinajstić information content (AvgIpc) is 2.56. The van der Waals surface area contributed by atoms with Crippen molar-refractivity contribution < 1.29 is 105 Å². The third kappa shape index (κ3) is 9.55. The van der Waals surface area contributed by atoms with Gasteiger partial charge < -0.3 is 19.8 Å². The molecule has 2 rings (SSSR count). The Morgan fingerprint density at radius 3 is 1.06 bits per heavy atom. The van der Waals surface area contributed by atoms with Crippen molar-refractivity contribution >= 4 is 78.6 Å². The van der Waals surface area contributed by atoms with Gasteiger partial charge in [-0.05, 0) is 24.3 Å². The molecule has 0 bridgehead atoms. The average molecular weight is 586 g/mol. The summed E-state index contributed by atoms with van der Waals surface area (Å²) in [4.78, 5) is 19.6. The number of benzene rings is 2. The standard InChI is InChI=1S/2C7H4Cl2O5S.2Na/c2*8-4-2-6(15(12,13)14)5(9)1-3(4)7(10)11;;/h2*1-2H,(H,10,11)(H,12,13,14);;/q;;2*+1/p-2. The van der Waals surface area contributed by atoms with Gasteiger partial charge in [0.2, 0.25) is 0 Å². The van der Waals surface area contributed by atoms with Gasteiger partial charge in [-0.2, -0.15) is 16.8 Å². The largest absolute Gasteiger partial charge is 1.00 e. The fourth-order valence-corrected chi connectivity index (χ4v) is 4.43. The van der Waals surface area contributed by atoms with Crippen LogP contribution in [0.25, 0.3) is 0 Å². The molecular formula is C14H6Cl4Na2O10S2. The molecule has 0 fully saturated rings. The van der Waals surface area contributed by atoms with Crippen LogP contribution in [0.2, 0.25) is 20.1 Å². The van der Waals surface area contributed by atoms with E-state index in [4.69, 9.17) is 55.5 Å². The number of halogens is 4. The zero-order valence-corrected chi connectivity index (χ0v) is 24.5. The molecule has 0 radical (unpaired) electrons. The van der Waals surface area contributed by atoms with Crippen molar-refractivity contribution in [2.24, 2.45) is 0 Å². The van der Waals surface area contributed by atoms with Crippen LogP contribution in [0.5, 0.6) is 0 Å². The van der Waals surface area contributed by atoms with Crippen molar-refractivity contribution in [2.45, 2.75) is 9.79 Å². The van der Waals surface area contributed by atoms with Crippen molar-refractivity contribution in [1.29, 1.82) is 0 Å². The van der Waals surface area contributed by atoms with Crippen LogP contribution in [0.15, 0.2) is 34.1 Å². The molecule has 164 valence electrons. The fraction of sp³-hybridized carbons (Fsp3) is 0. The Bertz CT molecular complexity index is 1150. The van der Waals surface area contributed by atoms with Crippen LogP contribution in [0.3, 0.4) is 0 Å². The third-order valence-electron chi connectivity index (χ3n) is 3.04. The number of carboxylic acids is 2. The number of carbonyl (C=O) groups is 2. The van der Waals surface area contributed by atoms with Crippen molar-refractivity contribution in [3.05, 3.63) is 55.5 Å². The minimum absolute atomic E-state index is 0. The summed E-state index contributed by atoms with van der Waals surface area (Å²) in [5.74, 6) is -3.19. The Morgan fingerprint density at radius 2 is 0.875 bits per heavy atom. The van der Waals surface area contributed by atoms with E-state index in [1.54, 1.807) is 0 Å². The maximum atomic E-state index is 10.7. The first-order valence-corrected chi connectivity index (χ1v) is 11.2. The van der Waals surface area contributed by atoms with Gasteiger partial charge in [0, 0.05) is 11.1 Å². The van der Waals surface area contributed by atoms with Gasteiger partial charge in [-0.3, -0.25) is 9.11 Å². The summed E-state index contributed by atoms with van der Waals surface area (Å²) in [5, 5.41) is 19.3. The molecule has 2 N–H and O–H groups in total. The zero-order valence-electron chi connectivity index (χ0n) is 15.8. The zero-order chi connectivity index (χ0) is 23.6. The van der Waals surface area contributed by atoms with Crippen LogP contribution >= 0.6 is 46.4 Å². The second-order valence-electron chi connectivity index (χ2n) is 5.05. The van der Waals surface area contributed by atoms with Gasteiger partial charge >= 0.3 is 59.1 Å². The maximum absolute atomic E-state index is 10.7. The van der Waals surface area contributed by atoms with Gasteiger partial charge in [0.25, 0.3) is 20.2 Å². The normalized spacial score (nSPS) is 10.7. The first-order valence-electron chi connectivity index (χ1n) is 6.82. The van der Waals surface area contributed by atoms with E-state index in [1.165, 1.54) is 0 Å². The fourth-order valence-electron chi connectivity index (χ4n) is 1.77. The Morgan fingerprint density at radius 1 is 0.625 bits per heavy atom. The molecule has 0 saturated heterocycles. The van der Waals surface area contributed by atoms with Crippen molar-refractivity contribution in [1.82, 2.24) is 0 Å². The Labute approximate surface area is 245 Å². The summed E-state index contributed by atoms with van der Waals surface area (Å²) in [6, 6.07) is 3.07. The SMILES string of the molecule is O=C([O-])c1cc(Cl)c(S(=O)(=O)O)cc1Cl.O=C([O-])c1cc(Cl)c(S(=O)(=O)O)cc1Cl.[Na+].[Na+]. The van der Waals surface area contributed by atoms with Crippen LogP contribution < -0.4 is 69.3 Å². The first-order chi connectivity index (χ1) is 13.5. The number of aromatic carboxylic acids is 2. The Hall–Kier alpha value is 0.360. The predicted octanol–water partition coefficient (Wildman–Crippen LogP) is -4.78. The van der Waals surface area contributed by atoms with Crippen LogP contribution in [-0.2, 0) is 20.2 Å². The second kappa shape index (κ2) is 13.4. The molecule has 0 saturated carbocycles. The molecule has 0 aliphatic heterocycles. The molecule has 0 aliphatic rings. The molecule has 10 nitrogen and oxygen atoms in total. The van der Waals surface area contributed by atoms with E-state index in [2.05, 4.69) is 0 Å². The molecule has 0 atom stereocenters. The molecule has 0 unspecified atom stereocenters. The van der Waals surface area contributed by atoms with Crippen molar-refractivity contribution in [3.8, 4) is 0 Å². The van der Waals surface area contributed by atoms with E-state index in [9.17, 15) is 36.6 Å². The van der Waals surface area contributed by atoms with E-state index in [0.29, 0.717) is 0 Å². The van der Waals surface area contributed by atoms with Gasteiger partial charge in [0.05, 0.1) is 32.0 Å². The minimum atomic E-state index is -4.53. The van der Waals surface area contributed by atoms with Crippen LogP contribution in [0, 0.1) is 0 Å². The van der Waals surface area contributed by atoms with Gasteiger partial charge in [-0.25, -0.2) is 0 Å². The molecule has 2 aromatic rings. The summed E-state index contributed by atoms with van der Waals surface area (Å²) in [5.41, 5.74) is -0.900. The summed E-state index contributed by atoms with van der Waals surface area (Å²) < 4.78 is 60.3. The minimum Gasteiger partial charge on any atom is -0.545 e. The molecule has 0 aromatic heterocycles. The third-order valence-corrected chi connectivity index (χ3v) is 6.30. The van der Waals surface area contributed by atoms with E-state index in [1.807, 2.05) is 0 Å². The van der Waals surface area contributed by atoms with E-state index >= 15 is 0 Å². The topological polar surface area (TPSA) is 189 Å². The summed E-state index contributed by atoms with van der Waals surface area (Å²) in [6.45, 7) is 0. The quantitative estimate of drug-likeness (QED) is 0.260. The monoisotopic (exact) mass is 584 g/mol. The van der Waals surface area contributed by atoms with Crippen molar-refractivity contribution in [3.63, 3.8) is 0 Å². The number of carbonyl (C=O) groups excluding carboxylic acids is 2. The Balaban J connectivity index is 0. The van der Waals surface area contributed by atoms with Crippen molar-refractivity contribution in [2.75, 3.05) is 0 Å². The first kappa shape index (κ1) is 34.5. The van der Waals surface area contributed by atoms with Gasteiger partial charge in [-0.15, -0.1) is 0 Å². The van der Waals surface area contributed by atoms with E-state index < -0.39 is 63.1 Å². The molecule has 2 aromatic carbocycles. The summed E-state index contributed by atoms with van der Waals surface area (Å²) in [7, 11) is -9.06. The molecule has 32 heavy (non-hydrogen) atoms. The van der Waals surface area contributed by atoms with Gasteiger partial charge in [0.1, 0.15) is 9.79 Å².